The van der Waals surface area contributed by atoms with Crippen LogP contribution in [0.15, 0.2) is 11.6 Å². The van der Waals surface area contributed by atoms with Gasteiger partial charge in [-0.2, -0.15) is 0 Å². The number of aliphatic hydroxyl groups excluding tert-OH is 1. The average molecular weight is 270 g/mol. The first kappa shape index (κ1) is 17.6. The maximum Gasteiger partial charge on any atom is 0.249 e. The van der Waals surface area contributed by atoms with E-state index < -0.39 is 18.1 Å². The maximum absolute atomic E-state index is 11.6. The molecule has 0 bridgehead atoms. The maximum atomic E-state index is 11.6. The predicted octanol–water partition coefficient (Wildman–Crippen LogP) is 1.12. The molecular weight excluding hydrogens is 244 g/mol. The lowest BCUT2D eigenvalue weighted by atomic mass is 10.1. The van der Waals surface area contributed by atoms with Gasteiger partial charge in [-0.25, -0.2) is 0 Å². The minimum Gasteiger partial charge on any atom is -0.384 e. The lowest BCUT2D eigenvalue weighted by Gasteiger charge is -2.17. The van der Waals surface area contributed by atoms with Crippen LogP contribution in [-0.2, 0) is 9.59 Å². The predicted molar refractivity (Wildman–Crippen MR) is 75.6 cm³/mol. The van der Waals surface area contributed by atoms with Crippen LogP contribution in [0.5, 0.6) is 0 Å². The Hall–Kier alpha value is -1.36. The smallest absolute Gasteiger partial charge is 0.249 e. The third-order valence-electron chi connectivity index (χ3n) is 3.01. The molecule has 5 nitrogen and oxygen atoms in total. The van der Waals surface area contributed by atoms with E-state index in [1.54, 1.807) is 0 Å². The molecule has 0 rings (SSSR count). The van der Waals surface area contributed by atoms with Crippen LogP contribution < -0.4 is 10.6 Å². The van der Waals surface area contributed by atoms with Crippen LogP contribution in [-0.4, -0.2) is 36.1 Å². The Labute approximate surface area is 115 Å². The van der Waals surface area contributed by atoms with E-state index in [9.17, 15) is 9.59 Å². The summed E-state index contributed by atoms with van der Waals surface area (Å²) in [6.45, 7) is 5.55. The molecule has 0 aliphatic heterocycles. The lowest BCUT2D eigenvalue weighted by molar-refractivity contribution is -0.133. The molecule has 2 atom stereocenters. The molecule has 0 unspecified atom stereocenters. The summed E-state index contributed by atoms with van der Waals surface area (Å²) in [5.41, 5.74) is 1.32. The van der Waals surface area contributed by atoms with Crippen LogP contribution in [0, 0.1) is 0 Å². The molecule has 2 amide bonds. The summed E-state index contributed by atoms with van der Waals surface area (Å²) < 4.78 is 0. The van der Waals surface area contributed by atoms with Gasteiger partial charge in [0, 0.05) is 7.05 Å². The van der Waals surface area contributed by atoms with Gasteiger partial charge in [-0.3, -0.25) is 9.59 Å². The summed E-state index contributed by atoms with van der Waals surface area (Å²) in [7, 11) is 1.53. The number of hydrogen-bond acceptors (Lipinski definition) is 3. The zero-order valence-corrected chi connectivity index (χ0v) is 12.3. The number of unbranched alkanes of at least 4 members (excludes halogenated alkanes) is 1. The van der Waals surface area contributed by atoms with Crippen molar-refractivity contribution in [2.24, 2.45) is 0 Å². The Bertz CT molecular complexity index is 325. The van der Waals surface area contributed by atoms with Gasteiger partial charge in [0.25, 0.3) is 0 Å². The molecule has 19 heavy (non-hydrogen) atoms. The first-order valence-electron chi connectivity index (χ1n) is 6.78. The van der Waals surface area contributed by atoms with Crippen molar-refractivity contribution >= 4 is 11.8 Å². The van der Waals surface area contributed by atoms with Crippen molar-refractivity contribution in [1.29, 1.82) is 0 Å². The normalized spacial score (nSPS) is 14.7. The van der Waals surface area contributed by atoms with Crippen molar-refractivity contribution in [3.8, 4) is 0 Å². The van der Waals surface area contributed by atoms with Crippen molar-refractivity contribution in [2.75, 3.05) is 7.05 Å². The molecule has 0 saturated heterocycles. The summed E-state index contributed by atoms with van der Waals surface area (Å²) in [5.74, 6) is -0.751. The van der Waals surface area contributed by atoms with Gasteiger partial charge in [0.15, 0.2) is 0 Å². The van der Waals surface area contributed by atoms with Gasteiger partial charge >= 0.3 is 0 Å². The second-order valence-corrected chi connectivity index (χ2v) is 4.69. The number of amides is 2. The number of nitrogens with one attached hydrogen (secondary N) is 2. The van der Waals surface area contributed by atoms with Crippen LogP contribution in [0.3, 0.4) is 0 Å². The number of likely N-dealkylation sites (N-methyl/N-ethyl adjacent to an activating group) is 1. The van der Waals surface area contributed by atoms with E-state index in [-0.39, 0.29) is 5.91 Å². The summed E-state index contributed by atoms with van der Waals surface area (Å²) in [4.78, 5) is 23.0. The van der Waals surface area contributed by atoms with Gasteiger partial charge < -0.3 is 15.7 Å². The first-order valence-corrected chi connectivity index (χ1v) is 6.78. The standard InChI is InChI=1S/C14H26N2O3/c1-5-10(2)8-6-7-9-12(14(19)15-4)16-13(18)11(3)17/h8,11-12,17H,5-7,9H2,1-4H3,(H,15,19)(H,16,18)/b10-8-/t11-,12-/m0/s1. The van der Waals surface area contributed by atoms with E-state index in [1.807, 2.05) is 0 Å². The zero-order valence-electron chi connectivity index (χ0n) is 12.3. The highest BCUT2D eigenvalue weighted by atomic mass is 16.3. The topological polar surface area (TPSA) is 78.4 Å². The van der Waals surface area contributed by atoms with Gasteiger partial charge in [0.1, 0.15) is 12.1 Å². The SMILES string of the molecule is CC/C(C)=C\CCC[C@H](NC(=O)[C@H](C)O)C(=O)NC. The number of rotatable bonds is 8. The summed E-state index contributed by atoms with van der Waals surface area (Å²) >= 11 is 0. The summed E-state index contributed by atoms with van der Waals surface area (Å²) in [6.07, 6.45) is 4.34. The summed E-state index contributed by atoms with van der Waals surface area (Å²) in [5, 5.41) is 14.2. The van der Waals surface area contributed by atoms with E-state index in [1.165, 1.54) is 19.5 Å². The quantitative estimate of drug-likeness (QED) is 0.457. The molecule has 0 spiro atoms. The largest absolute Gasteiger partial charge is 0.384 e. The second-order valence-electron chi connectivity index (χ2n) is 4.69. The molecule has 0 fully saturated rings. The Morgan fingerprint density at radius 3 is 2.42 bits per heavy atom. The number of carbonyl (C=O) groups excluding carboxylic acids is 2. The number of hydrogen-bond donors (Lipinski definition) is 3. The fourth-order valence-electron chi connectivity index (χ4n) is 1.55. The Morgan fingerprint density at radius 1 is 1.32 bits per heavy atom. The lowest BCUT2D eigenvalue weighted by Crippen LogP contribution is -2.48. The number of carbonyl (C=O) groups is 2. The van der Waals surface area contributed by atoms with E-state index in [0.29, 0.717) is 6.42 Å². The molecule has 0 heterocycles. The summed E-state index contributed by atoms with van der Waals surface area (Å²) in [6, 6.07) is -0.581. The van der Waals surface area contributed by atoms with Gasteiger partial charge in [0.2, 0.25) is 11.8 Å². The molecule has 0 radical (unpaired) electrons. The number of aliphatic hydroxyl groups is 1. The first-order chi connectivity index (χ1) is 8.92. The van der Waals surface area contributed by atoms with Crippen molar-refractivity contribution in [1.82, 2.24) is 10.6 Å². The molecule has 5 heteroatoms. The minimum absolute atomic E-state index is 0.231. The van der Waals surface area contributed by atoms with E-state index in [0.717, 1.165) is 19.3 Å². The Balaban J connectivity index is 4.29. The van der Waals surface area contributed by atoms with Gasteiger partial charge in [-0.05, 0) is 39.5 Å². The highest BCUT2D eigenvalue weighted by Gasteiger charge is 2.20. The fourth-order valence-corrected chi connectivity index (χ4v) is 1.55. The van der Waals surface area contributed by atoms with Crippen LogP contribution in [0.4, 0.5) is 0 Å². The third-order valence-corrected chi connectivity index (χ3v) is 3.01. The molecule has 0 aromatic heterocycles. The molecule has 0 aromatic rings. The van der Waals surface area contributed by atoms with Gasteiger partial charge in [-0.15, -0.1) is 0 Å². The van der Waals surface area contributed by atoms with Gasteiger partial charge in [-0.1, -0.05) is 18.6 Å². The molecule has 0 aliphatic carbocycles. The molecule has 0 aliphatic rings. The second kappa shape index (κ2) is 9.55. The van der Waals surface area contributed by atoms with Crippen molar-refractivity contribution in [3.63, 3.8) is 0 Å². The monoisotopic (exact) mass is 270 g/mol. The van der Waals surface area contributed by atoms with Crippen molar-refractivity contribution < 1.29 is 14.7 Å². The van der Waals surface area contributed by atoms with E-state index in [4.69, 9.17) is 5.11 Å². The fraction of sp³-hybridized carbons (Fsp3) is 0.714. The average Bonchev–Trinajstić information content (AvgIpc) is 2.40. The Kier molecular flexibility index (Phi) is 8.87. The van der Waals surface area contributed by atoms with Crippen LogP contribution >= 0.6 is 0 Å². The zero-order chi connectivity index (χ0) is 14.8. The van der Waals surface area contributed by atoms with Crippen molar-refractivity contribution in [2.45, 2.75) is 58.6 Å². The van der Waals surface area contributed by atoms with Crippen LogP contribution in [0.2, 0.25) is 0 Å². The van der Waals surface area contributed by atoms with E-state index >= 15 is 0 Å². The van der Waals surface area contributed by atoms with E-state index in [2.05, 4.69) is 30.6 Å². The van der Waals surface area contributed by atoms with Crippen LogP contribution in [0.1, 0.15) is 46.5 Å². The minimum atomic E-state index is -1.10. The molecule has 3 N–H and O–H groups in total. The highest BCUT2D eigenvalue weighted by Crippen LogP contribution is 2.07. The molecule has 0 saturated carbocycles. The van der Waals surface area contributed by atoms with Gasteiger partial charge in [0.05, 0.1) is 0 Å². The highest BCUT2D eigenvalue weighted by molar-refractivity contribution is 5.88. The molecular formula is C14H26N2O3. The Morgan fingerprint density at radius 2 is 1.95 bits per heavy atom. The third kappa shape index (κ3) is 7.62. The molecule has 0 aromatic carbocycles. The molecule has 110 valence electrons. The van der Waals surface area contributed by atoms with Crippen LogP contribution in [0.25, 0.3) is 0 Å². The number of allylic oxidation sites excluding steroid dienone is 2. The van der Waals surface area contributed by atoms with Crippen molar-refractivity contribution in [3.05, 3.63) is 11.6 Å².